The number of rotatable bonds is 4. The number of likely N-dealkylation sites (tertiary alicyclic amines) is 1. The number of aliphatic carboxylic acids is 1. The van der Waals surface area contributed by atoms with Gasteiger partial charge in [-0.2, -0.15) is 8.78 Å². The number of aryl methyl sites for hydroxylation is 1. The van der Waals surface area contributed by atoms with Gasteiger partial charge in [-0.25, -0.2) is 0 Å². The summed E-state index contributed by atoms with van der Waals surface area (Å²) < 4.78 is 29.3. The normalized spacial score (nSPS) is 22.4. The Hall–Kier alpha value is -1.70. The fraction of sp³-hybridized carbons (Fsp3) is 0.600. The van der Waals surface area contributed by atoms with Gasteiger partial charge in [-0.1, -0.05) is 0 Å². The van der Waals surface area contributed by atoms with Crippen LogP contribution < -0.4 is 4.74 Å². The number of hydrogen-bond donors (Lipinski definition) is 1. The second-order valence-electron chi connectivity index (χ2n) is 6.18. The van der Waals surface area contributed by atoms with Crippen molar-refractivity contribution in [3.8, 4) is 5.75 Å². The Bertz CT molecular complexity index is 637. The topological polar surface area (TPSA) is 66.8 Å². The molecule has 2 heterocycles. The molecule has 2 fully saturated rings. The number of amides is 1. The van der Waals surface area contributed by atoms with Crippen molar-refractivity contribution < 1.29 is 28.2 Å². The second kappa shape index (κ2) is 5.74. The Morgan fingerprint density at radius 3 is 2.61 bits per heavy atom. The van der Waals surface area contributed by atoms with Gasteiger partial charge in [0.25, 0.3) is 5.91 Å². The zero-order valence-corrected chi connectivity index (χ0v) is 13.4. The highest BCUT2D eigenvalue weighted by Gasteiger charge is 2.59. The van der Waals surface area contributed by atoms with E-state index in [9.17, 15) is 18.4 Å². The summed E-state index contributed by atoms with van der Waals surface area (Å²) in [7, 11) is 0. The molecule has 1 amide bonds. The molecule has 1 saturated heterocycles. The summed E-state index contributed by atoms with van der Waals surface area (Å²) in [6, 6.07) is 1.44. The van der Waals surface area contributed by atoms with Gasteiger partial charge in [0.15, 0.2) is 0 Å². The summed E-state index contributed by atoms with van der Waals surface area (Å²) in [5.41, 5.74) is -0.170. The van der Waals surface area contributed by atoms with E-state index in [0.717, 1.165) is 16.2 Å². The Balaban J connectivity index is 1.67. The van der Waals surface area contributed by atoms with Crippen LogP contribution in [0.1, 0.15) is 33.8 Å². The molecule has 1 N–H and O–H groups in total. The smallest absolute Gasteiger partial charge is 0.387 e. The number of carbonyl (C=O) groups excluding carboxylic acids is 1. The molecular formula is C15H17F2NO4S. The van der Waals surface area contributed by atoms with E-state index in [0.29, 0.717) is 32.4 Å². The molecule has 1 atom stereocenters. The van der Waals surface area contributed by atoms with E-state index in [2.05, 4.69) is 4.74 Å². The molecule has 23 heavy (non-hydrogen) atoms. The number of carboxylic acid groups (broad SMARTS) is 1. The van der Waals surface area contributed by atoms with Gasteiger partial charge in [-0.05, 0) is 37.7 Å². The van der Waals surface area contributed by atoms with E-state index < -0.39 is 12.6 Å². The molecule has 0 aromatic carbocycles. The van der Waals surface area contributed by atoms with E-state index in [1.807, 2.05) is 0 Å². The minimum Gasteiger partial charge on any atom is -0.481 e. The van der Waals surface area contributed by atoms with Crippen molar-refractivity contribution in [1.29, 1.82) is 0 Å². The highest BCUT2D eigenvalue weighted by Crippen LogP contribution is 2.59. The number of halogens is 2. The zero-order valence-electron chi connectivity index (χ0n) is 12.6. The Kier molecular flexibility index (Phi) is 4.03. The molecule has 3 rings (SSSR count). The third-order valence-corrected chi connectivity index (χ3v) is 5.79. The molecule has 126 valence electrons. The molecule has 1 aliphatic carbocycles. The van der Waals surface area contributed by atoms with E-state index >= 15 is 0 Å². The molecule has 8 heteroatoms. The van der Waals surface area contributed by atoms with Gasteiger partial charge >= 0.3 is 12.6 Å². The summed E-state index contributed by atoms with van der Waals surface area (Å²) in [6.07, 6.45) is 1.96. The maximum absolute atomic E-state index is 12.6. The number of piperidine rings is 1. The molecule has 0 radical (unpaired) electrons. The van der Waals surface area contributed by atoms with Gasteiger partial charge < -0.3 is 14.7 Å². The molecule has 2 aliphatic rings. The highest BCUT2D eigenvalue weighted by atomic mass is 32.1. The van der Waals surface area contributed by atoms with Crippen LogP contribution in [0.3, 0.4) is 0 Å². The number of carboxylic acids is 1. The first-order chi connectivity index (χ1) is 10.8. The van der Waals surface area contributed by atoms with Crippen LogP contribution in [0.2, 0.25) is 0 Å². The predicted molar refractivity (Wildman–Crippen MR) is 79.0 cm³/mol. The average Bonchev–Trinajstić information content (AvgIpc) is 3.06. The fourth-order valence-electron chi connectivity index (χ4n) is 3.37. The SMILES string of the molecule is Cc1cc(OC(F)F)c(C(=O)N2CCC3(CC2)CC3C(=O)O)s1. The number of thiophene rings is 1. The summed E-state index contributed by atoms with van der Waals surface area (Å²) >= 11 is 1.14. The van der Waals surface area contributed by atoms with Gasteiger partial charge in [0, 0.05) is 18.0 Å². The van der Waals surface area contributed by atoms with Crippen molar-refractivity contribution in [2.24, 2.45) is 11.3 Å². The van der Waals surface area contributed by atoms with Crippen LogP contribution in [0.15, 0.2) is 6.07 Å². The van der Waals surface area contributed by atoms with Crippen molar-refractivity contribution >= 4 is 23.2 Å². The van der Waals surface area contributed by atoms with Crippen LogP contribution >= 0.6 is 11.3 Å². The number of hydrogen-bond acceptors (Lipinski definition) is 4. The van der Waals surface area contributed by atoms with E-state index in [-0.39, 0.29) is 27.9 Å². The predicted octanol–water partition coefficient (Wildman–Crippen LogP) is 2.98. The Morgan fingerprint density at radius 1 is 1.43 bits per heavy atom. The molecule has 1 aromatic heterocycles. The van der Waals surface area contributed by atoms with Crippen molar-refractivity contribution in [3.05, 3.63) is 15.8 Å². The molecule has 1 aliphatic heterocycles. The molecule has 0 bridgehead atoms. The molecular weight excluding hydrogens is 328 g/mol. The summed E-state index contributed by atoms with van der Waals surface area (Å²) in [4.78, 5) is 26.1. The van der Waals surface area contributed by atoms with Crippen LogP contribution in [0.4, 0.5) is 8.78 Å². The zero-order chi connectivity index (χ0) is 16.8. The van der Waals surface area contributed by atoms with Crippen LogP contribution in [0, 0.1) is 18.3 Å². The molecule has 1 spiro atoms. The van der Waals surface area contributed by atoms with E-state index in [1.165, 1.54) is 6.07 Å². The van der Waals surface area contributed by atoms with Gasteiger partial charge in [0.2, 0.25) is 0 Å². The van der Waals surface area contributed by atoms with E-state index in [4.69, 9.17) is 5.11 Å². The summed E-state index contributed by atoms with van der Waals surface area (Å²) in [5.74, 6) is -1.48. The lowest BCUT2D eigenvalue weighted by Crippen LogP contribution is -2.39. The highest BCUT2D eigenvalue weighted by molar-refractivity contribution is 7.14. The van der Waals surface area contributed by atoms with E-state index in [1.54, 1.807) is 11.8 Å². The van der Waals surface area contributed by atoms with Crippen LogP contribution in [0.25, 0.3) is 0 Å². The number of alkyl halides is 2. The third kappa shape index (κ3) is 3.04. The third-order valence-electron chi connectivity index (χ3n) is 4.77. The first-order valence-corrected chi connectivity index (χ1v) is 8.21. The standard InChI is InChI=1S/C15H17F2NO4S/c1-8-6-10(22-14(16)17)11(23-8)12(19)18-4-2-15(3-5-18)7-9(15)13(20)21/h6,9,14H,2-5,7H2,1H3,(H,20,21). The van der Waals surface area contributed by atoms with Gasteiger partial charge in [-0.15, -0.1) is 11.3 Å². The minimum atomic E-state index is -2.97. The van der Waals surface area contributed by atoms with Crippen LogP contribution in [0.5, 0.6) is 5.75 Å². The van der Waals surface area contributed by atoms with Crippen molar-refractivity contribution in [3.63, 3.8) is 0 Å². The quantitative estimate of drug-likeness (QED) is 0.911. The minimum absolute atomic E-state index is 0.0809. The monoisotopic (exact) mass is 345 g/mol. The Morgan fingerprint density at radius 2 is 2.09 bits per heavy atom. The second-order valence-corrected chi connectivity index (χ2v) is 7.43. The number of ether oxygens (including phenoxy) is 1. The lowest BCUT2D eigenvalue weighted by atomic mass is 9.91. The number of carbonyl (C=O) groups is 2. The maximum atomic E-state index is 12.6. The number of nitrogens with zero attached hydrogens (tertiary/aromatic N) is 1. The average molecular weight is 345 g/mol. The lowest BCUT2D eigenvalue weighted by Gasteiger charge is -2.32. The lowest BCUT2D eigenvalue weighted by molar-refractivity contribution is -0.139. The largest absolute Gasteiger partial charge is 0.481 e. The van der Waals surface area contributed by atoms with Crippen molar-refractivity contribution in [1.82, 2.24) is 4.90 Å². The van der Waals surface area contributed by atoms with Crippen LogP contribution in [-0.4, -0.2) is 41.6 Å². The first-order valence-electron chi connectivity index (χ1n) is 7.40. The van der Waals surface area contributed by atoms with Crippen LogP contribution in [-0.2, 0) is 4.79 Å². The molecule has 1 saturated carbocycles. The molecule has 5 nitrogen and oxygen atoms in total. The molecule has 1 unspecified atom stereocenters. The van der Waals surface area contributed by atoms with Crippen molar-refractivity contribution in [2.45, 2.75) is 32.8 Å². The maximum Gasteiger partial charge on any atom is 0.387 e. The first kappa shape index (κ1) is 16.2. The van der Waals surface area contributed by atoms with Gasteiger partial charge in [0.1, 0.15) is 10.6 Å². The van der Waals surface area contributed by atoms with Gasteiger partial charge in [0.05, 0.1) is 5.92 Å². The molecule has 1 aromatic rings. The Labute approximate surface area is 135 Å². The van der Waals surface area contributed by atoms with Gasteiger partial charge in [-0.3, -0.25) is 9.59 Å². The van der Waals surface area contributed by atoms with Crippen molar-refractivity contribution in [2.75, 3.05) is 13.1 Å². The summed E-state index contributed by atoms with van der Waals surface area (Å²) in [6.45, 7) is -0.337. The summed E-state index contributed by atoms with van der Waals surface area (Å²) in [5, 5.41) is 9.08. The fourth-order valence-corrected chi connectivity index (χ4v) is 4.28.